The van der Waals surface area contributed by atoms with Crippen LogP contribution in [0.4, 0.5) is 5.69 Å². The van der Waals surface area contributed by atoms with E-state index in [4.69, 9.17) is 5.11 Å². The van der Waals surface area contributed by atoms with Gasteiger partial charge in [-0.25, -0.2) is 4.79 Å². The Labute approximate surface area is 134 Å². The van der Waals surface area contributed by atoms with E-state index < -0.39 is 5.97 Å². The van der Waals surface area contributed by atoms with Crippen molar-refractivity contribution < 1.29 is 14.7 Å². The average molecular weight is 366 g/mol. The molecule has 2 N–H and O–H groups in total. The smallest absolute Gasteiger partial charge is 0.335 e. The van der Waals surface area contributed by atoms with Crippen LogP contribution in [0, 0.1) is 0 Å². The molecule has 0 unspecified atom stereocenters. The van der Waals surface area contributed by atoms with Crippen molar-refractivity contribution in [1.82, 2.24) is 0 Å². The van der Waals surface area contributed by atoms with Gasteiger partial charge in [-0.05, 0) is 46.3 Å². The second-order valence-corrected chi connectivity index (χ2v) is 6.05. The maximum atomic E-state index is 11.9. The summed E-state index contributed by atoms with van der Waals surface area (Å²) in [5, 5.41) is 11.6. The van der Waals surface area contributed by atoms with Crippen LogP contribution in [0.3, 0.4) is 0 Å². The highest BCUT2D eigenvalue weighted by molar-refractivity contribution is 9.10. The molecule has 2 rings (SSSR count). The molecule has 108 valence electrons. The topological polar surface area (TPSA) is 66.4 Å². The molecular formula is C15H12BrNO3S. The fourth-order valence-corrected chi connectivity index (χ4v) is 2.80. The number of carboxylic acid groups (broad SMARTS) is 1. The summed E-state index contributed by atoms with van der Waals surface area (Å²) in [6.45, 7) is 0. The van der Waals surface area contributed by atoms with Crippen LogP contribution < -0.4 is 5.32 Å². The van der Waals surface area contributed by atoms with Crippen LogP contribution in [0.5, 0.6) is 0 Å². The average Bonchev–Trinajstić information content (AvgIpc) is 2.48. The normalized spacial score (nSPS) is 10.1. The minimum atomic E-state index is -1.01. The van der Waals surface area contributed by atoms with E-state index in [0.29, 0.717) is 10.2 Å². The number of anilines is 1. The summed E-state index contributed by atoms with van der Waals surface area (Å²) in [4.78, 5) is 23.7. The van der Waals surface area contributed by atoms with Crippen molar-refractivity contribution in [3.63, 3.8) is 0 Å². The number of thioether (sulfide) groups is 1. The minimum Gasteiger partial charge on any atom is -0.478 e. The third-order valence-corrected chi connectivity index (χ3v) is 4.27. The summed E-state index contributed by atoms with van der Waals surface area (Å²) in [5.41, 5.74) is 0.720. The molecule has 0 heterocycles. The number of halogens is 1. The molecule has 2 aromatic carbocycles. The number of hydrogen-bond acceptors (Lipinski definition) is 3. The van der Waals surface area contributed by atoms with E-state index in [1.54, 1.807) is 6.07 Å². The molecule has 0 fully saturated rings. The van der Waals surface area contributed by atoms with E-state index >= 15 is 0 Å². The quantitative estimate of drug-likeness (QED) is 0.789. The molecule has 0 saturated heterocycles. The third kappa shape index (κ3) is 4.61. The van der Waals surface area contributed by atoms with Gasteiger partial charge in [-0.1, -0.05) is 18.2 Å². The van der Waals surface area contributed by atoms with Gasteiger partial charge >= 0.3 is 5.97 Å². The predicted octanol–water partition coefficient (Wildman–Crippen LogP) is 3.88. The van der Waals surface area contributed by atoms with Gasteiger partial charge < -0.3 is 10.4 Å². The number of carbonyl (C=O) groups excluding carboxylic acids is 1. The lowest BCUT2D eigenvalue weighted by Gasteiger charge is -2.08. The van der Waals surface area contributed by atoms with E-state index in [-0.39, 0.29) is 17.2 Å². The zero-order valence-electron chi connectivity index (χ0n) is 10.9. The molecule has 0 radical (unpaired) electrons. The minimum absolute atomic E-state index is 0.146. The Morgan fingerprint density at radius 2 is 1.86 bits per heavy atom. The number of benzene rings is 2. The molecule has 6 heteroatoms. The summed E-state index contributed by atoms with van der Waals surface area (Å²) in [6, 6.07) is 14.1. The third-order valence-electron chi connectivity index (χ3n) is 2.60. The molecule has 0 spiro atoms. The Kier molecular flexibility index (Phi) is 5.41. The highest BCUT2D eigenvalue weighted by atomic mass is 79.9. The van der Waals surface area contributed by atoms with Gasteiger partial charge in [-0.2, -0.15) is 0 Å². The van der Waals surface area contributed by atoms with Crippen LogP contribution >= 0.6 is 27.7 Å². The summed E-state index contributed by atoms with van der Waals surface area (Å²) in [7, 11) is 0. The van der Waals surface area contributed by atoms with Gasteiger partial charge in [-0.3, -0.25) is 4.79 Å². The SMILES string of the molecule is O=C(CSc1ccccc1)Nc1ccc(C(=O)O)cc1Br. The standard InChI is InChI=1S/C15H12BrNO3S/c16-12-8-10(15(19)20)6-7-13(12)17-14(18)9-21-11-4-2-1-3-5-11/h1-8H,9H2,(H,17,18)(H,19,20). The van der Waals surface area contributed by atoms with Gasteiger partial charge in [0.15, 0.2) is 0 Å². The highest BCUT2D eigenvalue weighted by Gasteiger charge is 2.09. The van der Waals surface area contributed by atoms with Crippen molar-refractivity contribution in [3.8, 4) is 0 Å². The van der Waals surface area contributed by atoms with E-state index in [2.05, 4.69) is 21.2 Å². The molecule has 2 aromatic rings. The summed E-state index contributed by atoms with van der Waals surface area (Å²) >= 11 is 4.70. The van der Waals surface area contributed by atoms with Gasteiger partial charge in [0.05, 0.1) is 17.0 Å². The fraction of sp³-hybridized carbons (Fsp3) is 0.0667. The Hall–Kier alpha value is -1.79. The first-order valence-electron chi connectivity index (χ1n) is 6.07. The maximum absolute atomic E-state index is 11.9. The zero-order chi connectivity index (χ0) is 15.2. The summed E-state index contributed by atoms with van der Waals surface area (Å²) < 4.78 is 0.542. The Morgan fingerprint density at radius 1 is 1.14 bits per heavy atom. The number of rotatable bonds is 5. The number of nitrogens with one attached hydrogen (secondary N) is 1. The van der Waals surface area contributed by atoms with Crippen LogP contribution in [0.25, 0.3) is 0 Å². The van der Waals surface area contributed by atoms with Gasteiger partial charge in [-0.15, -0.1) is 11.8 Å². The van der Waals surface area contributed by atoms with E-state index in [9.17, 15) is 9.59 Å². The molecule has 1 amide bonds. The van der Waals surface area contributed by atoms with Crippen molar-refractivity contribution in [1.29, 1.82) is 0 Å². The van der Waals surface area contributed by atoms with Crippen LogP contribution in [0.1, 0.15) is 10.4 Å². The Bertz CT molecular complexity index is 661. The molecule has 0 atom stereocenters. The lowest BCUT2D eigenvalue weighted by atomic mass is 10.2. The molecule has 0 bridgehead atoms. The van der Waals surface area contributed by atoms with Gasteiger partial charge in [0.1, 0.15) is 0 Å². The van der Waals surface area contributed by atoms with Gasteiger partial charge in [0.2, 0.25) is 5.91 Å². The molecular weight excluding hydrogens is 354 g/mol. The van der Waals surface area contributed by atoms with E-state index in [1.807, 2.05) is 30.3 Å². The number of carbonyl (C=O) groups is 2. The summed E-state index contributed by atoms with van der Waals surface area (Å²) in [5.74, 6) is -0.863. The second-order valence-electron chi connectivity index (χ2n) is 4.15. The fourth-order valence-electron chi connectivity index (χ4n) is 1.60. The first-order valence-corrected chi connectivity index (χ1v) is 7.84. The number of carboxylic acids is 1. The second kappa shape index (κ2) is 7.28. The monoisotopic (exact) mass is 365 g/mol. The van der Waals surface area contributed by atoms with Gasteiger partial charge in [0.25, 0.3) is 0 Å². The predicted molar refractivity (Wildman–Crippen MR) is 86.9 cm³/mol. The lowest BCUT2D eigenvalue weighted by molar-refractivity contribution is -0.113. The van der Waals surface area contributed by atoms with Crippen molar-refractivity contribution >= 4 is 45.3 Å². The van der Waals surface area contributed by atoms with Crippen molar-refractivity contribution in [3.05, 3.63) is 58.6 Å². The van der Waals surface area contributed by atoms with Crippen LogP contribution in [-0.4, -0.2) is 22.7 Å². The highest BCUT2D eigenvalue weighted by Crippen LogP contribution is 2.24. The Morgan fingerprint density at radius 3 is 2.48 bits per heavy atom. The Balaban J connectivity index is 1.95. The van der Waals surface area contributed by atoms with Crippen molar-refractivity contribution in [2.24, 2.45) is 0 Å². The largest absolute Gasteiger partial charge is 0.478 e. The van der Waals surface area contributed by atoms with Crippen LogP contribution in [0.2, 0.25) is 0 Å². The molecule has 0 aliphatic carbocycles. The molecule has 21 heavy (non-hydrogen) atoms. The van der Waals surface area contributed by atoms with E-state index in [0.717, 1.165) is 4.90 Å². The van der Waals surface area contributed by atoms with E-state index in [1.165, 1.54) is 23.9 Å². The number of aromatic carboxylic acids is 1. The first-order chi connectivity index (χ1) is 10.1. The van der Waals surface area contributed by atoms with Crippen LogP contribution in [-0.2, 0) is 4.79 Å². The first kappa shape index (κ1) is 15.6. The molecule has 0 aromatic heterocycles. The lowest BCUT2D eigenvalue weighted by Crippen LogP contribution is -2.14. The number of hydrogen-bond donors (Lipinski definition) is 2. The molecule has 0 aliphatic heterocycles. The number of amides is 1. The van der Waals surface area contributed by atoms with Crippen LogP contribution in [0.15, 0.2) is 57.9 Å². The summed E-state index contributed by atoms with van der Waals surface area (Å²) in [6.07, 6.45) is 0. The van der Waals surface area contributed by atoms with Gasteiger partial charge in [0, 0.05) is 9.37 Å². The molecule has 0 saturated carbocycles. The van der Waals surface area contributed by atoms with Crippen molar-refractivity contribution in [2.75, 3.05) is 11.1 Å². The molecule has 4 nitrogen and oxygen atoms in total. The van der Waals surface area contributed by atoms with Crippen molar-refractivity contribution in [2.45, 2.75) is 4.90 Å². The zero-order valence-corrected chi connectivity index (χ0v) is 13.3. The molecule has 0 aliphatic rings. The maximum Gasteiger partial charge on any atom is 0.335 e.